The number of Topliss-reactive ketones (excluding diaryl/α,β-unsaturated/α-hetero) is 1. The lowest BCUT2D eigenvalue weighted by molar-refractivity contribution is -0.130. The van der Waals surface area contributed by atoms with E-state index in [-0.39, 0.29) is 74.1 Å². The zero-order valence-electron chi connectivity index (χ0n) is 39.2. The normalized spacial score (nSPS) is 16.9. The maximum absolute atomic E-state index is 14.6. The topological polar surface area (TPSA) is 169 Å². The van der Waals surface area contributed by atoms with Gasteiger partial charge in [0, 0.05) is 43.5 Å². The number of benzene rings is 4. The Hall–Kier alpha value is -6.48. The summed E-state index contributed by atoms with van der Waals surface area (Å²) in [7, 11) is 3.27. The van der Waals surface area contributed by atoms with E-state index in [9.17, 15) is 28.8 Å². The van der Waals surface area contributed by atoms with Crippen LogP contribution in [0.25, 0.3) is 0 Å². The van der Waals surface area contributed by atoms with Gasteiger partial charge in [0.05, 0.1) is 24.2 Å². The van der Waals surface area contributed by atoms with Crippen LogP contribution in [0.4, 0.5) is 11.4 Å². The quantitative estimate of drug-likeness (QED) is 0.0883. The van der Waals surface area contributed by atoms with Crippen LogP contribution < -0.4 is 36.4 Å². The summed E-state index contributed by atoms with van der Waals surface area (Å²) >= 11 is 0. The number of likely N-dealkylation sites (N-methyl/N-ethyl adjacent to an activating group) is 2. The largest absolute Gasteiger partial charge is 0.348 e. The fourth-order valence-electron chi connectivity index (χ4n) is 8.24. The second kappa shape index (κ2) is 25.6. The van der Waals surface area contributed by atoms with Crippen molar-refractivity contribution >= 4 is 71.5 Å². The van der Waals surface area contributed by atoms with Crippen LogP contribution in [0.2, 0.25) is 0 Å². The molecule has 0 aliphatic carbocycles. The number of fused-ring (bicyclic) bond motifs is 2. The van der Waals surface area contributed by atoms with Crippen LogP contribution in [-0.2, 0) is 41.6 Å². The third-order valence-corrected chi connectivity index (χ3v) is 12.4. The maximum Gasteiger partial charge on any atom is 0.251 e. The van der Waals surface area contributed by atoms with Crippen molar-refractivity contribution in [2.24, 2.45) is 0 Å². The Bertz CT molecular complexity index is 2360. The van der Waals surface area contributed by atoms with E-state index in [1.165, 1.54) is 9.80 Å². The number of nitrogens with zero attached hydrogens (tertiary/aromatic N) is 2. The summed E-state index contributed by atoms with van der Waals surface area (Å²) in [5.41, 5.74) is 4.79. The fourth-order valence-corrected chi connectivity index (χ4v) is 8.24. The fraction of sp³-hybridized carbons (Fsp3) is 0.358. The molecule has 0 fully saturated rings. The molecule has 8 atom stereocenters. The second-order valence-corrected chi connectivity index (χ2v) is 16.9. The van der Waals surface area contributed by atoms with E-state index in [4.69, 9.17) is 0 Å². The van der Waals surface area contributed by atoms with Gasteiger partial charge in [-0.2, -0.15) is 0 Å². The van der Waals surface area contributed by atoms with E-state index < -0.39 is 59.9 Å². The molecule has 0 bridgehead atoms. The summed E-state index contributed by atoms with van der Waals surface area (Å²) in [5.74, 6) is 9.06. The van der Waals surface area contributed by atoms with Gasteiger partial charge in [-0.25, -0.2) is 0 Å². The molecule has 15 heteroatoms. The standard InChI is InChI=1S/C53H59N7O6.2ClH/c1-34(38-21-11-9-12-22-38)31-48(61)46-32-40-25-17-19-29-44(40)59(46)52(65)42(57-49(62)36(3)54-5)27-15-7-8-16-28-43(58-50(63)37(4)55-6)53(66)60-45-30-20-18-26-41(45)33-47(60)51(64)56-35(2)39-23-13-10-14-24-39;;/h9-14,17-26,29-30,34-37,42-43,46-47,54-55H,27-28,31-33H2,1-6H3,(H,56,64)(H,57,62)(H,58,63);2*1H/t34-,35+,36-,37-,42-,43-,46-,47-;;/m0../s1. The third kappa shape index (κ3) is 13.1. The minimum absolute atomic E-state index is 0. The van der Waals surface area contributed by atoms with Gasteiger partial charge in [0.25, 0.3) is 11.8 Å². The SMILES string of the molecule is CN[C@@H](C)C(=O)N[C@@H](CC#CC#CC[C@H](NC(=O)[C@H](C)NC)C(=O)N1c2ccccc2C[C@H]1C(=O)N[C@H](C)c1ccccc1)C(=O)N1c2ccccc2C[C@H]1C(=O)C[C@H](C)c1ccccc1.Cl.Cl. The Labute approximate surface area is 412 Å². The number of ketones is 1. The van der Waals surface area contributed by atoms with Gasteiger partial charge in [0.2, 0.25) is 17.7 Å². The van der Waals surface area contributed by atoms with Gasteiger partial charge >= 0.3 is 0 Å². The predicted molar refractivity (Wildman–Crippen MR) is 271 cm³/mol. The van der Waals surface area contributed by atoms with E-state index in [2.05, 4.69) is 50.3 Å². The van der Waals surface area contributed by atoms with Gasteiger partial charge in [-0.05, 0) is 87.0 Å². The lowest BCUT2D eigenvalue weighted by Crippen LogP contribution is -2.56. The molecule has 68 heavy (non-hydrogen) atoms. The molecule has 0 unspecified atom stereocenters. The molecule has 2 heterocycles. The van der Waals surface area contributed by atoms with Crippen molar-refractivity contribution in [3.05, 3.63) is 131 Å². The average molecular weight is 963 g/mol. The van der Waals surface area contributed by atoms with Crippen molar-refractivity contribution in [2.75, 3.05) is 23.9 Å². The van der Waals surface area contributed by atoms with Gasteiger partial charge in [-0.15, -0.1) is 24.8 Å². The molecule has 0 saturated heterocycles. The Balaban J connectivity index is 0.00000504. The molecule has 0 spiro atoms. The predicted octanol–water partition coefficient (Wildman–Crippen LogP) is 5.36. The minimum Gasteiger partial charge on any atom is -0.348 e. The Morgan fingerprint density at radius 1 is 0.559 bits per heavy atom. The number of hydrogen-bond donors (Lipinski definition) is 5. The molecule has 2 aliphatic heterocycles. The van der Waals surface area contributed by atoms with E-state index in [0.717, 1.165) is 22.3 Å². The van der Waals surface area contributed by atoms with Gasteiger partial charge in [-0.1, -0.05) is 116 Å². The highest BCUT2D eigenvalue weighted by atomic mass is 35.5. The Kier molecular flexibility index (Phi) is 20.4. The van der Waals surface area contributed by atoms with Crippen molar-refractivity contribution in [1.82, 2.24) is 26.6 Å². The molecule has 6 rings (SSSR count). The first kappa shape index (κ1) is 54.1. The monoisotopic (exact) mass is 961 g/mol. The molecule has 4 aromatic carbocycles. The Morgan fingerprint density at radius 3 is 1.44 bits per heavy atom. The zero-order valence-corrected chi connectivity index (χ0v) is 40.8. The number of hydrogen-bond acceptors (Lipinski definition) is 8. The van der Waals surface area contributed by atoms with Crippen molar-refractivity contribution in [3.8, 4) is 23.7 Å². The molecule has 4 aromatic rings. The lowest BCUT2D eigenvalue weighted by atomic mass is 9.92. The maximum atomic E-state index is 14.6. The summed E-state index contributed by atoms with van der Waals surface area (Å²) in [4.78, 5) is 86.7. The lowest BCUT2D eigenvalue weighted by Gasteiger charge is -2.30. The number of rotatable bonds is 17. The van der Waals surface area contributed by atoms with Crippen LogP contribution in [0.1, 0.15) is 81.2 Å². The van der Waals surface area contributed by atoms with Gasteiger partial charge in [-0.3, -0.25) is 38.6 Å². The van der Waals surface area contributed by atoms with Crippen LogP contribution in [-0.4, -0.2) is 85.7 Å². The molecule has 0 aromatic heterocycles. The van der Waals surface area contributed by atoms with E-state index in [1.54, 1.807) is 40.1 Å². The first-order chi connectivity index (χ1) is 31.8. The van der Waals surface area contributed by atoms with Crippen molar-refractivity contribution in [2.45, 2.75) is 108 Å². The highest BCUT2D eigenvalue weighted by molar-refractivity contribution is 6.08. The van der Waals surface area contributed by atoms with E-state index >= 15 is 0 Å². The van der Waals surface area contributed by atoms with Crippen molar-refractivity contribution in [3.63, 3.8) is 0 Å². The number of nitrogens with one attached hydrogen (secondary N) is 5. The number of amides is 5. The number of para-hydroxylation sites is 2. The smallest absolute Gasteiger partial charge is 0.251 e. The number of carbonyl (C=O) groups is 6. The molecule has 5 amide bonds. The summed E-state index contributed by atoms with van der Waals surface area (Å²) in [6, 6.07) is 28.5. The van der Waals surface area contributed by atoms with Crippen LogP contribution in [0.3, 0.4) is 0 Å². The average Bonchev–Trinajstić information content (AvgIpc) is 3.93. The van der Waals surface area contributed by atoms with Crippen LogP contribution in [0.15, 0.2) is 109 Å². The number of halogens is 2. The van der Waals surface area contributed by atoms with Crippen LogP contribution in [0.5, 0.6) is 0 Å². The Morgan fingerprint density at radius 2 is 0.971 bits per heavy atom. The highest BCUT2D eigenvalue weighted by Gasteiger charge is 2.43. The van der Waals surface area contributed by atoms with E-state index in [0.29, 0.717) is 17.8 Å². The number of anilines is 2. The third-order valence-electron chi connectivity index (χ3n) is 12.4. The molecule has 5 N–H and O–H groups in total. The van der Waals surface area contributed by atoms with Crippen LogP contribution in [0, 0.1) is 23.7 Å². The molecule has 358 valence electrons. The molecule has 2 aliphatic rings. The summed E-state index contributed by atoms with van der Waals surface area (Å²) in [6.07, 6.45) is 0.583. The minimum atomic E-state index is -1.15. The van der Waals surface area contributed by atoms with Crippen molar-refractivity contribution < 1.29 is 28.8 Å². The molecular formula is C53H61Cl2N7O6. The van der Waals surface area contributed by atoms with Gasteiger partial charge < -0.3 is 26.6 Å². The summed E-state index contributed by atoms with van der Waals surface area (Å²) in [6.45, 7) is 7.21. The highest BCUT2D eigenvalue weighted by Crippen LogP contribution is 2.36. The molecular weight excluding hydrogens is 902 g/mol. The van der Waals surface area contributed by atoms with Crippen molar-refractivity contribution in [1.29, 1.82) is 0 Å². The van der Waals surface area contributed by atoms with Crippen LogP contribution >= 0.6 is 24.8 Å². The van der Waals surface area contributed by atoms with Gasteiger partial charge in [0.1, 0.15) is 18.1 Å². The zero-order chi connectivity index (χ0) is 47.3. The molecule has 0 radical (unpaired) electrons. The summed E-state index contributed by atoms with van der Waals surface area (Å²) < 4.78 is 0. The first-order valence-electron chi connectivity index (χ1n) is 22.5. The molecule has 0 saturated carbocycles. The number of carbonyl (C=O) groups excluding carboxylic acids is 6. The van der Waals surface area contributed by atoms with Gasteiger partial charge in [0.15, 0.2) is 5.78 Å². The summed E-state index contributed by atoms with van der Waals surface area (Å²) in [5, 5.41) is 14.5. The first-order valence-corrected chi connectivity index (χ1v) is 22.5. The molecule has 13 nitrogen and oxygen atoms in total. The second-order valence-electron chi connectivity index (χ2n) is 16.9. The van der Waals surface area contributed by atoms with E-state index in [1.807, 2.05) is 111 Å².